The molecule has 2 saturated heterocycles. The van der Waals surface area contributed by atoms with E-state index in [0.717, 1.165) is 45.4 Å². The minimum Gasteiger partial charge on any atom is -0.376 e. The van der Waals surface area contributed by atoms with Gasteiger partial charge in [-0.25, -0.2) is 0 Å². The van der Waals surface area contributed by atoms with Crippen molar-refractivity contribution in [2.75, 3.05) is 26.2 Å². The first kappa shape index (κ1) is 13.7. The number of carbonyl (C=O) groups is 1. The molecule has 0 saturated carbocycles. The highest BCUT2D eigenvalue weighted by Gasteiger charge is 2.22. The van der Waals surface area contributed by atoms with Gasteiger partial charge in [0.2, 0.25) is 5.91 Å². The van der Waals surface area contributed by atoms with E-state index in [0.29, 0.717) is 6.54 Å². The quantitative estimate of drug-likeness (QED) is 0.773. The van der Waals surface area contributed by atoms with E-state index in [-0.39, 0.29) is 30.3 Å². The highest BCUT2D eigenvalue weighted by molar-refractivity contribution is 5.85. The number of hydrogen-bond acceptors (Lipinski definition) is 3. The van der Waals surface area contributed by atoms with Gasteiger partial charge in [-0.2, -0.15) is 0 Å². The van der Waals surface area contributed by atoms with Crippen LogP contribution in [-0.4, -0.2) is 38.3 Å². The molecule has 2 heterocycles. The molecule has 94 valence electrons. The fourth-order valence-corrected chi connectivity index (χ4v) is 2.24. The lowest BCUT2D eigenvalue weighted by molar-refractivity contribution is -0.126. The van der Waals surface area contributed by atoms with Crippen LogP contribution < -0.4 is 10.6 Å². The first-order valence-electron chi connectivity index (χ1n) is 5.96. The van der Waals surface area contributed by atoms with E-state index in [1.165, 1.54) is 0 Å². The van der Waals surface area contributed by atoms with E-state index < -0.39 is 0 Å². The lowest BCUT2D eigenvalue weighted by Gasteiger charge is -2.22. The Bertz CT molecular complexity index is 214. The molecule has 0 radical (unpaired) electrons. The molecular formula is C11H21ClN2O2. The minimum atomic E-state index is 0. The van der Waals surface area contributed by atoms with Gasteiger partial charge in [0.1, 0.15) is 0 Å². The van der Waals surface area contributed by atoms with Crippen LogP contribution in [0.25, 0.3) is 0 Å². The summed E-state index contributed by atoms with van der Waals surface area (Å²) in [6, 6.07) is 0. The third-order valence-electron chi connectivity index (χ3n) is 3.20. The van der Waals surface area contributed by atoms with Gasteiger partial charge < -0.3 is 15.4 Å². The Morgan fingerprint density at radius 3 is 2.88 bits per heavy atom. The average Bonchev–Trinajstić information content (AvgIpc) is 2.80. The topological polar surface area (TPSA) is 50.4 Å². The molecule has 0 bridgehead atoms. The van der Waals surface area contributed by atoms with Crippen LogP contribution in [0.4, 0.5) is 0 Å². The molecule has 2 rings (SSSR count). The smallest absolute Gasteiger partial charge is 0.224 e. The van der Waals surface area contributed by atoms with Gasteiger partial charge in [-0.15, -0.1) is 12.4 Å². The summed E-state index contributed by atoms with van der Waals surface area (Å²) in [5.74, 6) is 0.359. The van der Waals surface area contributed by atoms with Gasteiger partial charge in [0.15, 0.2) is 0 Å². The zero-order chi connectivity index (χ0) is 10.5. The van der Waals surface area contributed by atoms with Crippen LogP contribution in [-0.2, 0) is 9.53 Å². The van der Waals surface area contributed by atoms with E-state index in [2.05, 4.69) is 10.6 Å². The summed E-state index contributed by atoms with van der Waals surface area (Å²) in [7, 11) is 0. The zero-order valence-electron chi connectivity index (χ0n) is 9.54. The molecule has 2 fully saturated rings. The van der Waals surface area contributed by atoms with Crippen LogP contribution in [0.1, 0.15) is 25.7 Å². The van der Waals surface area contributed by atoms with Crippen molar-refractivity contribution in [3.8, 4) is 0 Å². The van der Waals surface area contributed by atoms with Crippen LogP contribution in [0.3, 0.4) is 0 Å². The Labute approximate surface area is 103 Å². The SMILES string of the molecule is Cl.O=C(NCC1CCCO1)[C@@H]1CCCNC1. The fraction of sp³-hybridized carbons (Fsp3) is 0.909. The largest absolute Gasteiger partial charge is 0.376 e. The van der Waals surface area contributed by atoms with Crippen molar-refractivity contribution in [1.82, 2.24) is 10.6 Å². The molecule has 1 unspecified atom stereocenters. The lowest BCUT2D eigenvalue weighted by Crippen LogP contribution is -2.42. The van der Waals surface area contributed by atoms with Crippen molar-refractivity contribution in [3.05, 3.63) is 0 Å². The zero-order valence-corrected chi connectivity index (χ0v) is 10.4. The van der Waals surface area contributed by atoms with Crippen molar-refractivity contribution in [2.24, 2.45) is 5.92 Å². The molecule has 5 heteroatoms. The van der Waals surface area contributed by atoms with E-state index in [1.54, 1.807) is 0 Å². The van der Waals surface area contributed by atoms with Crippen molar-refractivity contribution in [3.63, 3.8) is 0 Å². The van der Waals surface area contributed by atoms with Crippen molar-refractivity contribution < 1.29 is 9.53 Å². The summed E-state index contributed by atoms with van der Waals surface area (Å²) in [6.07, 6.45) is 4.60. The Morgan fingerprint density at radius 2 is 2.25 bits per heavy atom. The number of carbonyl (C=O) groups excluding carboxylic acids is 1. The van der Waals surface area contributed by atoms with Crippen molar-refractivity contribution in [1.29, 1.82) is 0 Å². The van der Waals surface area contributed by atoms with Gasteiger partial charge in [-0.3, -0.25) is 4.79 Å². The second-order valence-electron chi connectivity index (χ2n) is 4.42. The molecule has 2 N–H and O–H groups in total. The molecule has 2 aliphatic rings. The number of rotatable bonds is 3. The van der Waals surface area contributed by atoms with Crippen molar-refractivity contribution in [2.45, 2.75) is 31.8 Å². The Hall–Kier alpha value is -0.320. The first-order chi connectivity index (χ1) is 7.36. The van der Waals surface area contributed by atoms with Crippen LogP contribution >= 0.6 is 12.4 Å². The maximum Gasteiger partial charge on any atom is 0.224 e. The van der Waals surface area contributed by atoms with Gasteiger partial charge >= 0.3 is 0 Å². The van der Waals surface area contributed by atoms with Gasteiger partial charge in [0.05, 0.1) is 12.0 Å². The molecule has 2 atom stereocenters. The maximum absolute atomic E-state index is 11.7. The number of nitrogens with one attached hydrogen (secondary N) is 2. The highest BCUT2D eigenvalue weighted by Crippen LogP contribution is 2.12. The molecule has 0 aromatic carbocycles. The first-order valence-corrected chi connectivity index (χ1v) is 5.96. The second-order valence-corrected chi connectivity index (χ2v) is 4.42. The summed E-state index contributed by atoms with van der Waals surface area (Å²) in [4.78, 5) is 11.7. The van der Waals surface area contributed by atoms with E-state index >= 15 is 0 Å². The molecule has 0 aromatic rings. The summed E-state index contributed by atoms with van der Waals surface area (Å²) in [5.41, 5.74) is 0. The highest BCUT2D eigenvalue weighted by atomic mass is 35.5. The molecule has 4 nitrogen and oxygen atoms in total. The van der Waals surface area contributed by atoms with Gasteiger partial charge in [-0.05, 0) is 32.2 Å². The normalized spacial score (nSPS) is 29.5. The molecule has 1 amide bonds. The number of halogens is 1. The van der Waals surface area contributed by atoms with Crippen molar-refractivity contribution >= 4 is 18.3 Å². The molecular weight excluding hydrogens is 228 g/mol. The summed E-state index contributed by atoms with van der Waals surface area (Å²) in [6.45, 7) is 3.42. The Balaban J connectivity index is 0.00000128. The average molecular weight is 249 g/mol. The second kappa shape index (κ2) is 7.09. The molecule has 0 aliphatic carbocycles. The van der Waals surface area contributed by atoms with E-state index in [1.807, 2.05) is 0 Å². The third-order valence-corrected chi connectivity index (χ3v) is 3.20. The predicted molar refractivity (Wildman–Crippen MR) is 64.8 cm³/mol. The van der Waals surface area contributed by atoms with Crippen LogP contribution in [0.2, 0.25) is 0 Å². The standard InChI is InChI=1S/C11H20N2O2.ClH/c14-11(9-3-1-5-12-7-9)13-8-10-4-2-6-15-10;/h9-10,12H,1-8H2,(H,13,14);1H/t9-,10?;/m1./s1. The Kier molecular flexibility index (Phi) is 6.09. The summed E-state index contributed by atoms with van der Waals surface area (Å²) >= 11 is 0. The number of ether oxygens (including phenoxy) is 1. The van der Waals surface area contributed by atoms with Crippen LogP contribution in [0.15, 0.2) is 0 Å². The number of hydrogen-bond donors (Lipinski definition) is 2. The van der Waals surface area contributed by atoms with Crippen LogP contribution in [0.5, 0.6) is 0 Å². The monoisotopic (exact) mass is 248 g/mol. The predicted octanol–water partition coefficient (Wildman–Crippen LogP) is 0.703. The lowest BCUT2D eigenvalue weighted by atomic mass is 9.99. The number of amides is 1. The van der Waals surface area contributed by atoms with Gasteiger partial charge in [0.25, 0.3) is 0 Å². The van der Waals surface area contributed by atoms with E-state index in [9.17, 15) is 4.79 Å². The van der Waals surface area contributed by atoms with Gasteiger partial charge in [0, 0.05) is 19.7 Å². The molecule has 0 spiro atoms. The molecule has 16 heavy (non-hydrogen) atoms. The third kappa shape index (κ3) is 3.92. The summed E-state index contributed by atoms with van der Waals surface area (Å²) in [5, 5.41) is 6.24. The minimum absolute atomic E-state index is 0. The Morgan fingerprint density at radius 1 is 1.38 bits per heavy atom. The number of piperidine rings is 1. The van der Waals surface area contributed by atoms with Gasteiger partial charge in [-0.1, -0.05) is 0 Å². The van der Waals surface area contributed by atoms with E-state index in [4.69, 9.17) is 4.74 Å². The summed E-state index contributed by atoms with van der Waals surface area (Å²) < 4.78 is 5.46. The molecule has 2 aliphatic heterocycles. The van der Waals surface area contributed by atoms with Crippen LogP contribution in [0, 0.1) is 5.92 Å². The fourth-order valence-electron chi connectivity index (χ4n) is 2.24. The molecule has 0 aromatic heterocycles. The maximum atomic E-state index is 11.7.